The third-order valence-corrected chi connectivity index (χ3v) is 4.67. The van der Waals surface area contributed by atoms with Gasteiger partial charge >= 0.3 is 0 Å². The van der Waals surface area contributed by atoms with Crippen molar-refractivity contribution in [2.45, 2.75) is 6.54 Å². The van der Waals surface area contributed by atoms with Gasteiger partial charge in [-0.05, 0) is 29.3 Å². The summed E-state index contributed by atoms with van der Waals surface area (Å²) in [6.07, 6.45) is 3.81. The number of hydrogen-bond acceptors (Lipinski definition) is 6. The smallest absolute Gasteiger partial charge is 0.167 e. The van der Waals surface area contributed by atoms with Crippen molar-refractivity contribution in [1.82, 2.24) is 14.7 Å². The Hall–Kier alpha value is -4.31. The minimum Gasteiger partial charge on any atom is -0.356 e. The van der Waals surface area contributed by atoms with Gasteiger partial charge in [-0.2, -0.15) is 5.26 Å². The van der Waals surface area contributed by atoms with E-state index in [1.165, 1.54) is 12.3 Å². The molecule has 0 saturated heterocycles. The highest BCUT2D eigenvalue weighted by molar-refractivity contribution is 5.95. The average Bonchev–Trinajstić information content (AvgIpc) is 3.34. The third kappa shape index (κ3) is 3.03. The zero-order valence-corrected chi connectivity index (χ0v) is 15.4. The second-order valence-corrected chi connectivity index (χ2v) is 6.34. The number of rotatable bonds is 6. The van der Waals surface area contributed by atoms with E-state index in [4.69, 9.17) is 15.3 Å². The fraction of sp³-hybridized carbons (Fsp3) is 0.0455. The molecule has 29 heavy (non-hydrogen) atoms. The van der Waals surface area contributed by atoms with E-state index in [0.29, 0.717) is 51.5 Å². The van der Waals surface area contributed by atoms with Crippen molar-refractivity contribution in [2.24, 2.45) is 0 Å². The monoisotopic (exact) mass is 380 g/mol. The second kappa shape index (κ2) is 7.37. The van der Waals surface area contributed by atoms with Gasteiger partial charge in [0.2, 0.25) is 0 Å². The van der Waals surface area contributed by atoms with E-state index < -0.39 is 0 Å². The van der Waals surface area contributed by atoms with Crippen molar-refractivity contribution in [1.29, 1.82) is 16.1 Å². The number of hydrogen-bond donors (Lipinski definition) is 2. The Morgan fingerprint density at radius 3 is 2.62 bits per heavy atom. The molecule has 2 aromatic heterocycles. The maximum atomic E-state index is 9.71. The molecule has 0 aliphatic rings. The highest BCUT2D eigenvalue weighted by Gasteiger charge is 2.20. The van der Waals surface area contributed by atoms with Crippen LogP contribution in [0.25, 0.3) is 28.2 Å². The van der Waals surface area contributed by atoms with Crippen LogP contribution in [0.4, 0.5) is 0 Å². The number of benzene rings is 2. The molecule has 140 valence electrons. The number of aromatic nitrogens is 3. The highest BCUT2D eigenvalue weighted by Crippen LogP contribution is 2.33. The molecule has 0 aliphatic heterocycles. The van der Waals surface area contributed by atoms with Crippen LogP contribution in [0.3, 0.4) is 0 Å². The maximum absolute atomic E-state index is 9.71. The number of imidazole rings is 1. The van der Waals surface area contributed by atoms with Gasteiger partial charge in [-0.15, -0.1) is 0 Å². The van der Waals surface area contributed by atoms with E-state index in [1.807, 2.05) is 41.0 Å². The van der Waals surface area contributed by atoms with Gasteiger partial charge in [-0.25, -0.2) is 4.98 Å². The van der Waals surface area contributed by atoms with Crippen LogP contribution < -0.4 is 0 Å². The first kappa shape index (κ1) is 18.1. The Balaban J connectivity index is 2.01. The van der Waals surface area contributed by atoms with Gasteiger partial charge < -0.3 is 19.9 Å². The van der Waals surface area contributed by atoms with Crippen LogP contribution in [0.1, 0.15) is 28.4 Å². The Labute approximate surface area is 166 Å². The lowest BCUT2D eigenvalue weighted by molar-refractivity contribution is 0.412. The molecule has 4 aromatic rings. The molecule has 2 aromatic carbocycles. The molecule has 0 bridgehead atoms. The molecule has 2 N–H and O–H groups in total. The van der Waals surface area contributed by atoms with E-state index in [-0.39, 0.29) is 0 Å². The Morgan fingerprint density at radius 1 is 1.17 bits per heavy atom. The summed E-state index contributed by atoms with van der Waals surface area (Å²) in [4.78, 5) is 4.50. The van der Waals surface area contributed by atoms with Gasteiger partial charge in [0, 0.05) is 12.8 Å². The van der Waals surface area contributed by atoms with E-state index in [1.54, 1.807) is 6.07 Å². The molecule has 0 atom stereocenters. The fourth-order valence-corrected chi connectivity index (χ4v) is 3.36. The molecule has 0 fully saturated rings. The minimum absolute atomic E-state index is 0.351. The first-order valence-electron chi connectivity index (χ1n) is 8.82. The quantitative estimate of drug-likeness (QED) is 0.486. The summed E-state index contributed by atoms with van der Waals surface area (Å²) in [5.41, 5.74) is 4.29. The predicted octanol–water partition coefficient (Wildman–Crippen LogP) is 4.25. The lowest BCUT2D eigenvalue weighted by Gasteiger charge is -2.09. The molecule has 0 unspecified atom stereocenters. The van der Waals surface area contributed by atoms with Crippen molar-refractivity contribution < 1.29 is 4.52 Å². The predicted molar refractivity (Wildman–Crippen MR) is 111 cm³/mol. The van der Waals surface area contributed by atoms with Crippen LogP contribution in [0.2, 0.25) is 0 Å². The van der Waals surface area contributed by atoms with Crippen molar-refractivity contribution in [3.8, 4) is 17.2 Å². The number of fused-ring (bicyclic) bond motifs is 1. The van der Waals surface area contributed by atoms with Gasteiger partial charge in [0.25, 0.3) is 0 Å². The van der Waals surface area contributed by atoms with Gasteiger partial charge in [0.15, 0.2) is 11.6 Å². The first-order chi connectivity index (χ1) is 14.2. The summed E-state index contributed by atoms with van der Waals surface area (Å²) in [5.74, 6) is 0.882. The zero-order chi connectivity index (χ0) is 20.4. The second-order valence-electron chi connectivity index (χ2n) is 6.34. The minimum atomic E-state index is 0.351. The van der Waals surface area contributed by atoms with Crippen LogP contribution >= 0.6 is 0 Å². The van der Waals surface area contributed by atoms with Gasteiger partial charge in [0.05, 0.1) is 22.9 Å². The lowest BCUT2D eigenvalue weighted by Crippen LogP contribution is -2.04. The third-order valence-electron chi connectivity index (χ3n) is 4.67. The summed E-state index contributed by atoms with van der Waals surface area (Å²) < 4.78 is 7.16. The van der Waals surface area contributed by atoms with Crippen molar-refractivity contribution in [3.63, 3.8) is 0 Å². The summed E-state index contributed by atoms with van der Waals surface area (Å²) in [6.45, 7) is 4.24. The van der Waals surface area contributed by atoms with Crippen molar-refractivity contribution in [3.05, 3.63) is 77.4 Å². The van der Waals surface area contributed by atoms with E-state index in [2.05, 4.69) is 22.8 Å². The molecule has 0 saturated carbocycles. The molecule has 7 heteroatoms. The molecule has 2 heterocycles. The molecule has 4 rings (SSSR count). The van der Waals surface area contributed by atoms with Gasteiger partial charge in [-0.1, -0.05) is 42.1 Å². The molecular weight excluding hydrogens is 364 g/mol. The summed E-state index contributed by atoms with van der Waals surface area (Å²) in [6, 6.07) is 15.6. The maximum Gasteiger partial charge on any atom is 0.167 e. The fourth-order valence-electron chi connectivity index (χ4n) is 3.36. The molecule has 0 aliphatic carbocycles. The Morgan fingerprint density at radius 2 is 1.97 bits per heavy atom. The van der Waals surface area contributed by atoms with Gasteiger partial charge in [0.1, 0.15) is 17.3 Å². The molecule has 0 radical (unpaired) electrons. The topological polar surface area (TPSA) is 115 Å². The van der Waals surface area contributed by atoms with Crippen molar-refractivity contribution in [2.75, 3.05) is 0 Å². The molecule has 7 nitrogen and oxygen atoms in total. The molecule has 0 spiro atoms. The van der Waals surface area contributed by atoms with Crippen LogP contribution in [0, 0.1) is 22.1 Å². The number of nitrogens with one attached hydrogen (secondary N) is 2. The van der Waals surface area contributed by atoms with Crippen molar-refractivity contribution >= 4 is 29.5 Å². The number of nitrogens with zero attached hydrogens (tertiary/aromatic N) is 4. The van der Waals surface area contributed by atoms with E-state index in [9.17, 15) is 5.26 Å². The molecular formula is C22H16N6O. The van der Waals surface area contributed by atoms with Crippen LogP contribution in [-0.2, 0) is 6.54 Å². The summed E-state index contributed by atoms with van der Waals surface area (Å²) in [5, 5.41) is 29.0. The Bertz CT molecular complexity index is 1270. The zero-order valence-electron chi connectivity index (χ0n) is 15.4. The van der Waals surface area contributed by atoms with Gasteiger partial charge in [-0.3, -0.25) is 0 Å². The summed E-state index contributed by atoms with van der Waals surface area (Å²) in [7, 11) is 0. The lowest BCUT2D eigenvalue weighted by atomic mass is 10.00. The molecule has 0 amide bonds. The average molecular weight is 380 g/mol. The van der Waals surface area contributed by atoms with Crippen LogP contribution in [0.5, 0.6) is 0 Å². The highest BCUT2D eigenvalue weighted by atomic mass is 16.5. The van der Waals surface area contributed by atoms with Crippen LogP contribution in [-0.4, -0.2) is 27.1 Å². The number of nitriles is 1. The van der Waals surface area contributed by atoms with Crippen LogP contribution in [0.15, 0.2) is 53.6 Å². The SMILES string of the molecule is C=Cc1onc(C=N)c1-c1cc(C#N)c2nc(C=N)n(Cc3ccccc3)c2c1. The standard InChI is InChI=1S/C22H16N6O/c1-2-19-21(17(11-24)27-29-19)15-8-16(10-23)22-18(9-15)28(20(12-25)26-22)13-14-6-4-3-5-7-14/h2-9,11-12,24-25H,1,13H2. The van der Waals surface area contributed by atoms with E-state index >= 15 is 0 Å². The summed E-state index contributed by atoms with van der Waals surface area (Å²) >= 11 is 0. The Kier molecular flexibility index (Phi) is 4.59. The normalized spacial score (nSPS) is 10.6. The first-order valence-corrected chi connectivity index (χ1v) is 8.82. The largest absolute Gasteiger partial charge is 0.356 e. The van der Waals surface area contributed by atoms with E-state index in [0.717, 1.165) is 11.8 Å².